The summed E-state index contributed by atoms with van der Waals surface area (Å²) in [7, 11) is 1.42. The van der Waals surface area contributed by atoms with Crippen LogP contribution < -0.4 is 10.1 Å². The third-order valence-electron chi connectivity index (χ3n) is 2.14. The number of nitrogens with one attached hydrogen (secondary N) is 1. The number of nitrogens with zero attached hydrogens (tertiary/aromatic N) is 1. The second-order valence-corrected chi connectivity index (χ2v) is 3.32. The average molecular weight is 224 g/mol. The number of hydrogen-bond acceptors (Lipinski definition) is 4. The van der Waals surface area contributed by atoms with Crippen LogP contribution in [0.1, 0.15) is 30.3 Å². The number of aromatic nitrogens is 1. The van der Waals surface area contributed by atoms with Crippen LogP contribution in [0.3, 0.4) is 0 Å². The van der Waals surface area contributed by atoms with E-state index in [-0.39, 0.29) is 23.1 Å². The number of pyridine rings is 1. The maximum absolute atomic E-state index is 11.6. The Morgan fingerprint density at radius 1 is 1.62 bits per heavy atom. The molecule has 0 aromatic carbocycles. The number of ether oxygens (including phenoxy) is 1. The quantitative estimate of drug-likeness (QED) is 0.740. The van der Waals surface area contributed by atoms with Crippen molar-refractivity contribution < 1.29 is 14.6 Å². The lowest BCUT2D eigenvalue weighted by Gasteiger charge is -2.07. The number of methoxy groups -OCH3 is 1. The fourth-order valence-electron chi connectivity index (χ4n) is 1.23. The second-order valence-electron chi connectivity index (χ2n) is 3.32. The van der Waals surface area contributed by atoms with Crippen molar-refractivity contribution in [3.8, 4) is 11.5 Å². The summed E-state index contributed by atoms with van der Waals surface area (Å²) in [6.45, 7) is 2.61. The van der Waals surface area contributed by atoms with Gasteiger partial charge in [0.05, 0.1) is 7.11 Å². The number of carbonyl (C=O) groups excluding carboxylic acids is 1. The molecule has 0 radical (unpaired) electrons. The van der Waals surface area contributed by atoms with E-state index in [1.165, 1.54) is 19.4 Å². The molecule has 0 atom stereocenters. The van der Waals surface area contributed by atoms with Gasteiger partial charge < -0.3 is 15.2 Å². The van der Waals surface area contributed by atoms with Crippen LogP contribution >= 0.6 is 0 Å². The Bertz CT molecular complexity index is 366. The molecule has 0 aliphatic rings. The van der Waals surface area contributed by atoms with E-state index in [4.69, 9.17) is 4.74 Å². The first-order valence-corrected chi connectivity index (χ1v) is 5.20. The molecule has 1 rings (SSSR count). The first kappa shape index (κ1) is 12.3. The maximum Gasteiger partial charge on any atom is 0.273 e. The Kier molecular flexibility index (Phi) is 4.57. The standard InChI is InChI=1S/C11H16N2O3/c1-3-4-6-13-11(15)9-10(14)8(16-2)5-7-12-9/h5,7,14H,3-4,6H2,1-2H3,(H,13,15). The molecular formula is C11H16N2O3. The van der Waals surface area contributed by atoms with E-state index in [2.05, 4.69) is 10.3 Å². The minimum absolute atomic E-state index is 0.00421. The van der Waals surface area contributed by atoms with Crippen molar-refractivity contribution in [1.29, 1.82) is 0 Å². The van der Waals surface area contributed by atoms with Crippen molar-refractivity contribution in [3.63, 3.8) is 0 Å². The zero-order valence-electron chi connectivity index (χ0n) is 9.49. The summed E-state index contributed by atoms with van der Waals surface area (Å²) < 4.78 is 4.89. The number of carbonyl (C=O) groups is 1. The van der Waals surface area contributed by atoms with Gasteiger partial charge in [-0.3, -0.25) is 4.79 Å². The first-order valence-electron chi connectivity index (χ1n) is 5.20. The Morgan fingerprint density at radius 3 is 3.00 bits per heavy atom. The summed E-state index contributed by atoms with van der Waals surface area (Å²) in [5.74, 6) is -0.362. The summed E-state index contributed by atoms with van der Waals surface area (Å²) in [5.41, 5.74) is -0.00421. The van der Waals surface area contributed by atoms with Gasteiger partial charge in [-0.1, -0.05) is 13.3 Å². The molecule has 0 saturated carbocycles. The van der Waals surface area contributed by atoms with E-state index in [1.54, 1.807) is 0 Å². The molecule has 1 aromatic rings. The average Bonchev–Trinajstić information content (AvgIpc) is 2.29. The molecule has 88 valence electrons. The van der Waals surface area contributed by atoms with Crippen molar-refractivity contribution in [3.05, 3.63) is 18.0 Å². The van der Waals surface area contributed by atoms with Gasteiger partial charge >= 0.3 is 0 Å². The van der Waals surface area contributed by atoms with E-state index >= 15 is 0 Å². The van der Waals surface area contributed by atoms with E-state index in [0.717, 1.165) is 12.8 Å². The minimum atomic E-state index is -0.384. The number of hydrogen-bond donors (Lipinski definition) is 2. The largest absolute Gasteiger partial charge is 0.503 e. The highest BCUT2D eigenvalue weighted by Crippen LogP contribution is 2.27. The fraction of sp³-hybridized carbons (Fsp3) is 0.455. The van der Waals surface area contributed by atoms with Crippen LogP contribution in [0.15, 0.2) is 12.3 Å². The smallest absolute Gasteiger partial charge is 0.273 e. The van der Waals surface area contributed by atoms with Gasteiger partial charge in [-0.25, -0.2) is 4.98 Å². The Balaban J connectivity index is 2.75. The molecule has 1 aromatic heterocycles. The van der Waals surface area contributed by atoms with Crippen LogP contribution in [-0.4, -0.2) is 29.7 Å². The van der Waals surface area contributed by atoms with Crippen LogP contribution in [0.25, 0.3) is 0 Å². The topological polar surface area (TPSA) is 71.5 Å². The predicted octanol–water partition coefficient (Wildman–Crippen LogP) is 1.33. The molecule has 5 nitrogen and oxygen atoms in total. The maximum atomic E-state index is 11.6. The number of rotatable bonds is 5. The van der Waals surface area contributed by atoms with Gasteiger partial charge in [-0.15, -0.1) is 0 Å². The summed E-state index contributed by atoms with van der Waals surface area (Å²) >= 11 is 0. The van der Waals surface area contributed by atoms with Crippen molar-refractivity contribution in [2.24, 2.45) is 0 Å². The van der Waals surface area contributed by atoms with Crippen molar-refractivity contribution in [1.82, 2.24) is 10.3 Å². The van der Waals surface area contributed by atoms with Crippen LogP contribution in [0.2, 0.25) is 0 Å². The molecule has 0 unspecified atom stereocenters. The Morgan fingerprint density at radius 2 is 2.38 bits per heavy atom. The molecule has 0 aliphatic heterocycles. The summed E-state index contributed by atoms with van der Waals surface area (Å²) in [4.78, 5) is 15.4. The van der Waals surface area contributed by atoms with Gasteiger partial charge in [-0.05, 0) is 6.42 Å². The molecule has 0 bridgehead atoms. The Labute approximate surface area is 94.5 Å². The number of aromatic hydroxyl groups is 1. The zero-order valence-corrected chi connectivity index (χ0v) is 9.49. The van der Waals surface area contributed by atoms with Gasteiger partial charge in [0.2, 0.25) is 0 Å². The Hall–Kier alpha value is -1.78. The highest BCUT2D eigenvalue weighted by molar-refractivity contribution is 5.95. The minimum Gasteiger partial charge on any atom is -0.503 e. The normalized spacial score (nSPS) is 9.88. The van der Waals surface area contributed by atoms with E-state index in [9.17, 15) is 9.90 Å². The van der Waals surface area contributed by atoms with E-state index < -0.39 is 0 Å². The van der Waals surface area contributed by atoms with E-state index in [1.807, 2.05) is 6.92 Å². The molecule has 0 aliphatic carbocycles. The highest BCUT2D eigenvalue weighted by atomic mass is 16.5. The monoisotopic (exact) mass is 224 g/mol. The summed E-state index contributed by atoms with van der Waals surface area (Å²) in [5, 5.41) is 12.3. The van der Waals surface area contributed by atoms with Gasteiger partial charge in [0, 0.05) is 18.8 Å². The second kappa shape index (κ2) is 5.95. The molecule has 1 heterocycles. The molecular weight excluding hydrogens is 208 g/mol. The van der Waals surface area contributed by atoms with Gasteiger partial charge in [-0.2, -0.15) is 0 Å². The van der Waals surface area contributed by atoms with Gasteiger partial charge in [0.1, 0.15) is 0 Å². The summed E-state index contributed by atoms with van der Waals surface area (Å²) in [6, 6.07) is 1.50. The van der Waals surface area contributed by atoms with Crippen molar-refractivity contribution >= 4 is 5.91 Å². The molecule has 5 heteroatoms. The molecule has 2 N–H and O–H groups in total. The van der Waals surface area contributed by atoms with Crippen LogP contribution in [0, 0.1) is 0 Å². The van der Waals surface area contributed by atoms with Crippen LogP contribution in [0.5, 0.6) is 11.5 Å². The van der Waals surface area contributed by atoms with E-state index in [0.29, 0.717) is 6.54 Å². The third kappa shape index (κ3) is 2.85. The first-order chi connectivity index (χ1) is 7.70. The molecule has 0 spiro atoms. The third-order valence-corrected chi connectivity index (χ3v) is 2.14. The van der Waals surface area contributed by atoms with Crippen molar-refractivity contribution in [2.75, 3.05) is 13.7 Å². The van der Waals surface area contributed by atoms with Crippen LogP contribution in [0.4, 0.5) is 0 Å². The number of amides is 1. The number of unbranched alkanes of at least 4 members (excludes halogenated alkanes) is 1. The SMILES string of the molecule is CCCCNC(=O)c1nccc(OC)c1O. The molecule has 0 fully saturated rings. The lowest BCUT2D eigenvalue weighted by atomic mass is 10.2. The highest BCUT2D eigenvalue weighted by Gasteiger charge is 2.15. The van der Waals surface area contributed by atoms with Crippen molar-refractivity contribution in [2.45, 2.75) is 19.8 Å². The van der Waals surface area contributed by atoms with Gasteiger partial charge in [0.25, 0.3) is 5.91 Å². The molecule has 0 saturated heterocycles. The predicted molar refractivity (Wildman–Crippen MR) is 59.7 cm³/mol. The van der Waals surface area contributed by atoms with Crippen LogP contribution in [-0.2, 0) is 0 Å². The van der Waals surface area contributed by atoms with Gasteiger partial charge in [0.15, 0.2) is 17.2 Å². The fourth-order valence-corrected chi connectivity index (χ4v) is 1.23. The lowest BCUT2D eigenvalue weighted by molar-refractivity contribution is 0.0944. The molecule has 1 amide bonds. The zero-order chi connectivity index (χ0) is 12.0. The summed E-state index contributed by atoms with van der Waals surface area (Å²) in [6.07, 6.45) is 3.32. The lowest BCUT2D eigenvalue weighted by Crippen LogP contribution is -2.25. The molecule has 16 heavy (non-hydrogen) atoms.